The van der Waals surface area contributed by atoms with Crippen molar-refractivity contribution in [1.82, 2.24) is 20.7 Å². The summed E-state index contributed by atoms with van der Waals surface area (Å²) in [6, 6.07) is 19.3. The number of carbonyl (C=O) groups is 3. The number of hydrogen-bond acceptors (Lipinski definition) is 8. The number of amides is 4. The number of nitrogens with one attached hydrogen (secondary N) is 3. The number of hydroxylamine groups is 1. The highest BCUT2D eigenvalue weighted by Crippen LogP contribution is 2.45. The van der Waals surface area contributed by atoms with Gasteiger partial charge in [0.25, 0.3) is 5.91 Å². The van der Waals surface area contributed by atoms with Gasteiger partial charge in [0, 0.05) is 47.2 Å². The van der Waals surface area contributed by atoms with Crippen LogP contribution in [0.2, 0.25) is 0 Å². The molecule has 1 atom stereocenters. The summed E-state index contributed by atoms with van der Waals surface area (Å²) in [6.07, 6.45) is 0.923. The van der Waals surface area contributed by atoms with Crippen molar-refractivity contribution in [2.75, 3.05) is 31.2 Å². The zero-order chi connectivity index (χ0) is 29.9. The van der Waals surface area contributed by atoms with E-state index in [9.17, 15) is 28.0 Å². The summed E-state index contributed by atoms with van der Waals surface area (Å²) < 4.78 is 26.2. The first-order valence-electron chi connectivity index (χ1n) is 13.1. The van der Waals surface area contributed by atoms with E-state index in [1.54, 1.807) is 41.9 Å². The Morgan fingerprint density at radius 2 is 1.86 bits per heavy atom. The molecule has 0 aliphatic carbocycles. The molecule has 42 heavy (non-hydrogen) atoms. The molecule has 4 aromatic rings. The monoisotopic (exact) mass is 607 g/mol. The Morgan fingerprint density at radius 3 is 2.64 bits per heavy atom. The molecule has 0 bridgehead atoms. The molecular formula is C29H29N5O6S2. The molecule has 1 fully saturated rings. The molecule has 1 unspecified atom stereocenters. The van der Waals surface area contributed by atoms with Gasteiger partial charge in [0.1, 0.15) is 4.75 Å². The number of nitrogens with zero attached hydrogens (tertiary/aromatic N) is 2. The summed E-state index contributed by atoms with van der Waals surface area (Å²) in [5.74, 6) is -1.56. The molecule has 4 amide bonds. The smallest absolute Gasteiger partial charge is 0.318 e. The molecule has 1 aliphatic heterocycles. The summed E-state index contributed by atoms with van der Waals surface area (Å²) in [7, 11) is -2.49. The minimum Gasteiger partial charge on any atom is -0.341 e. The third-order valence-corrected chi connectivity index (χ3v) is 11.3. The van der Waals surface area contributed by atoms with Crippen molar-refractivity contribution < 1.29 is 28.0 Å². The van der Waals surface area contributed by atoms with Crippen LogP contribution in [-0.4, -0.2) is 67.2 Å². The minimum atomic E-state index is -4.00. The number of thiophene rings is 1. The molecule has 2 aromatic carbocycles. The maximum atomic E-state index is 13.9. The van der Waals surface area contributed by atoms with Gasteiger partial charge in [-0.3, -0.25) is 19.8 Å². The Hall–Kier alpha value is -4.33. The number of sulfone groups is 1. The van der Waals surface area contributed by atoms with E-state index >= 15 is 0 Å². The molecule has 0 saturated carbocycles. The van der Waals surface area contributed by atoms with Crippen LogP contribution in [0.15, 0.2) is 72.9 Å². The van der Waals surface area contributed by atoms with E-state index in [1.807, 2.05) is 30.3 Å². The molecular weight excluding hydrogens is 578 g/mol. The van der Waals surface area contributed by atoms with Crippen molar-refractivity contribution in [3.63, 3.8) is 0 Å². The Kier molecular flexibility index (Phi) is 8.25. The Morgan fingerprint density at radius 1 is 1.05 bits per heavy atom. The van der Waals surface area contributed by atoms with Gasteiger partial charge < -0.3 is 15.5 Å². The fourth-order valence-electron chi connectivity index (χ4n) is 5.12. The number of rotatable bonds is 6. The first-order chi connectivity index (χ1) is 20.2. The SMILES string of the molecule is CNC(=O)Nc1cccc(-c2ccc(C3(CC(=O)NO)CCN(C(=O)c4cnc5ccccc5c4)CCS3(=O)=O)s2)c1. The van der Waals surface area contributed by atoms with E-state index in [-0.39, 0.29) is 37.2 Å². The zero-order valence-corrected chi connectivity index (χ0v) is 24.3. The highest BCUT2D eigenvalue weighted by molar-refractivity contribution is 7.92. The van der Waals surface area contributed by atoms with E-state index in [0.29, 0.717) is 16.1 Å². The fraction of sp³-hybridized carbons (Fsp3) is 0.241. The predicted octanol–water partition coefficient (Wildman–Crippen LogP) is 3.77. The highest BCUT2D eigenvalue weighted by Gasteiger charge is 2.50. The molecule has 4 N–H and O–H groups in total. The Labute approximate surface area is 246 Å². The van der Waals surface area contributed by atoms with Gasteiger partial charge in [0.05, 0.1) is 23.3 Å². The van der Waals surface area contributed by atoms with Crippen molar-refractivity contribution in [2.24, 2.45) is 0 Å². The minimum absolute atomic E-state index is 0.0479. The van der Waals surface area contributed by atoms with Crippen molar-refractivity contribution in [2.45, 2.75) is 17.6 Å². The second-order valence-corrected chi connectivity index (χ2v) is 13.4. The molecule has 1 aliphatic rings. The van der Waals surface area contributed by atoms with Gasteiger partial charge in [-0.15, -0.1) is 11.3 Å². The molecule has 5 rings (SSSR count). The predicted molar refractivity (Wildman–Crippen MR) is 160 cm³/mol. The summed E-state index contributed by atoms with van der Waals surface area (Å²) in [6.45, 7) is 0.0181. The number of carbonyl (C=O) groups excluding carboxylic acids is 3. The number of hydrogen-bond donors (Lipinski definition) is 4. The largest absolute Gasteiger partial charge is 0.341 e. The van der Waals surface area contributed by atoms with Crippen LogP contribution in [0, 0.1) is 0 Å². The van der Waals surface area contributed by atoms with Gasteiger partial charge in [0.2, 0.25) is 5.91 Å². The topological polar surface area (TPSA) is 158 Å². The summed E-state index contributed by atoms with van der Waals surface area (Å²) in [4.78, 5) is 44.8. The quantitative estimate of drug-likeness (QED) is 0.192. The molecule has 1 saturated heterocycles. The molecule has 0 spiro atoms. The molecule has 0 radical (unpaired) electrons. The van der Waals surface area contributed by atoms with E-state index in [4.69, 9.17) is 0 Å². The summed E-state index contributed by atoms with van der Waals surface area (Å²) in [5.41, 5.74) is 3.96. The van der Waals surface area contributed by atoms with Crippen LogP contribution >= 0.6 is 11.3 Å². The Balaban J connectivity index is 1.48. The number of para-hydroxylation sites is 1. The van der Waals surface area contributed by atoms with Crippen LogP contribution in [0.25, 0.3) is 21.3 Å². The van der Waals surface area contributed by atoms with Crippen LogP contribution < -0.4 is 16.1 Å². The van der Waals surface area contributed by atoms with Gasteiger partial charge in [-0.25, -0.2) is 18.7 Å². The first kappa shape index (κ1) is 29.2. The van der Waals surface area contributed by atoms with Crippen LogP contribution in [0.5, 0.6) is 0 Å². The van der Waals surface area contributed by atoms with E-state index in [0.717, 1.165) is 21.3 Å². The number of urea groups is 1. The molecule has 11 nitrogen and oxygen atoms in total. The standard InChI is InChI=1S/C29H29N5O6S2/c1-30-28(37)32-22-7-4-6-20(16-22)24-9-10-25(41-24)29(17-26(35)33-38)11-12-34(13-14-42(29,39)40)27(36)21-15-19-5-2-3-8-23(19)31-18-21/h2-10,15-16,18,38H,11-14,17H2,1H3,(H,33,35)(H2,30,32,37). The second-order valence-electron chi connectivity index (χ2n) is 9.93. The fourth-order valence-corrected chi connectivity index (χ4v) is 8.72. The van der Waals surface area contributed by atoms with Crippen LogP contribution in [0.1, 0.15) is 28.1 Å². The molecule has 218 valence electrons. The lowest BCUT2D eigenvalue weighted by Crippen LogP contribution is -2.41. The van der Waals surface area contributed by atoms with Crippen molar-refractivity contribution >= 4 is 55.6 Å². The van der Waals surface area contributed by atoms with Gasteiger partial charge in [-0.05, 0) is 48.4 Å². The number of pyridine rings is 1. The summed E-state index contributed by atoms with van der Waals surface area (Å²) in [5, 5.41) is 15.3. The lowest BCUT2D eigenvalue weighted by molar-refractivity contribution is -0.129. The Bertz CT molecular complexity index is 1770. The van der Waals surface area contributed by atoms with Gasteiger partial charge in [-0.1, -0.05) is 30.3 Å². The summed E-state index contributed by atoms with van der Waals surface area (Å²) >= 11 is 1.21. The lowest BCUT2D eigenvalue weighted by Gasteiger charge is -2.30. The van der Waals surface area contributed by atoms with Gasteiger partial charge in [-0.2, -0.15) is 0 Å². The third kappa shape index (κ3) is 5.71. The first-order valence-corrected chi connectivity index (χ1v) is 15.6. The average molecular weight is 608 g/mol. The van der Waals surface area contributed by atoms with E-state index in [1.165, 1.54) is 29.5 Å². The number of benzene rings is 2. The van der Waals surface area contributed by atoms with Gasteiger partial charge in [0.15, 0.2) is 9.84 Å². The lowest BCUT2D eigenvalue weighted by atomic mass is 9.97. The maximum Gasteiger partial charge on any atom is 0.318 e. The van der Waals surface area contributed by atoms with Crippen molar-refractivity contribution in [3.05, 3.63) is 83.4 Å². The number of fused-ring (bicyclic) bond motifs is 1. The van der Waals surface area contributed by atoms with E-state index < -0.39 is 26.9 Å². The number of anilines is 1. The maximum absolute atomic E-state index is 13.9. The van der Waals surface area contributed by atoms with Crippen molar-refractivity contribution in [1.29, 1.82) is 0 Å². The highest BCUT2D eigenvalue weighted by atomic mass is 32.2. The van der Waals surface area contributed by atoms with Crippen LogP contribution in [0.4, 0.5) is 10.5 Å². The van der Waals surface area contributed by atoms with Gasteiger partial charge >= 0.3 is 6.03 Å². The average Bonchev–Trinajstić information content (AvgIpc) is 3.46. The molecule has 13 heteroatoms. The van der Waals surface area contributed by atoms with Crippen LogP contribution in [0.3, 0.4) is 0 Å². The van der Waals surface area contributed by atoms with E-state index in [2.05, 4.69) is 15.6 Å². The zero-order valence-electron chi connectivity index (χ0n) is 22.7. The normalized spacial score (nSPS) is 18.2. The third-order valence-electron chi connectivity index (χ3n) is 7.39. The van der Waals surface area contributed by atoms with Crippen molar-refractivity contribution in [3.8, 4) is 10.4 Å². The molecule has 3 heterocycles. The number of aromatic nitrogens is 1. The van der Waals surface area contributed by atoms with Crippen LogP contribution in [-0.2, 0) is 19.4 Å². The second kappa shape index (κ2) is 11.9. The molecule has 2 aromatic heterocycles.